The number of anilines is 1. The molecule has 0 amide bonds. The molecule has 0 saturated carbocycles. The molecule has 76 valence electrons. The number of carbonyl (C=O) groups is 1. The van der Waals surface area contributed by atoms with Crippen molar-refractivity contribution >= 4 is 29.2 Å². The fraction of sp³-hybridized carbons (Fsp3) is 0.333. The fourth-order valence-electron chi connectivity index (χ4n) is 0.630. The fourth-order valence-corrected chi connectivity index (χ4v) is 1.20. The van der Waals surface area contributed by atoms with Gasteiger partial charge < -0.3 is 15.7 Å². The van der Waals surface area contributed by atoms with Gasteiger partial charge in [-0.15, -0.1) is 0 Å². The molecule has 0 aromatic carbocycles. The van der Waals surface area contributed by atoms with Crippen LogP contribution in [0.5, 0.6) is 0 Å². The van der Waals surface area contributed by atoms with E-state index in [-0.39, 0.29) is 23.3 Å². The summed E-state index contributed by atoms with van der Waals surface area (Å²) < 4.78 is 3.64. The molecule has 0 aliphatic carbocycles. The van der Waals surface area contributed by atoms with E-state index in [2.05, 4.69) is 19.4 Å². The number of nitrogens with zero attached hydrogens (tertiary/aromatic N) is 3. The summed E-state index contributed by atoms with van der Waals surface area (Å²) in [6.07, 6.45) is 0. The van der Waals surface area contributed by atoms with Crippen molar-refractivity contribution in [3.63, 3.8) is 0 Å². The Kier molecular flexibility index (Phi) is 3.35. The first-order chi connectivity index (χ1) is 6.65. The molecule has 0 radical (unpaired) electrons. The minimum Gasteiger partial charge on any atom is -0.476 e. The number of oxime groups is 1. The average Bonchev–Trinajstić information content (AvgIpc) is 2.52. The largest absolute Gasteiger partial charge is 0.476 e. The van der Waals surface area contributed by atoms with Crippen LogP contribution in [0.4, 0.5) is 5.95 Å². The Morgan fingerprint density at radius 1 is 1.79 bits per heavy atom. The van der Waals surface area contributed by atoms with Gasteiger partial charge in [0.05, 0.1) is 0 Å². The summed E-state index contributed by atoms with van der Waals surface area (Å²) in [6, 6.07) is 0. The predicted octanol–water partition coefficient (Wildman–Crippen LogP) is -0.0545. The number of aliphatic carboxylic acids is 1. The van der Waals surface area contributed by atoms with Crippen molar-refractivity contribution in [1.29, 1.82) is 0 Å². The maximum Gasteiger partial charge on any atom is 0.361 e. The van der Waals surface area contributed by atoms with Crippen LogP contribution in [0.15, 0.2) is 5.16 Å². The average molecular weight is 216 g/mol. The molecule has 0 unspecified atom stereocenters. The van der Waals surface area contributed by atoms with E-state index in [1.54, 1.807) is 6.92 Å². The highest BCUT2D eigenvalue weighted by Gasteiger charge is 2.18. The third-order valence-corrected chi connectivity index (χ3v) is 1.87. The minimum absolute atomic E-state index is 0.0236. The molecule has 0 aliphatic heterocycles. The van der Waals surface area contributed by atoms with Crippen LogP contribution in [0.1, 0.15) is 11.9 Å². The van der Waals surface area contributed by atoms with Crippen LogP contribution in [0.2, 0.25) is 0 Å². The van der Waals surface area contributed by atoms with E-state index in [4.69, 9.17) is 10.8 Å². The molecule has 1 aromatic rings. The van der Waals surface area contributed by atoms with Gasteiger partial charge in [-0.1, -0.05) is 5.16 Å². The van der Waals surface area contributed by atoms with E-state index in [9.17, 15) is 4.79 Å². The maximum absolute atomic E-state index is 10.7. The lowest BCUT2D eigenvalue weighted by atomic mass is 10.4. The first-order valence-corrected chi connectivity index (χ1v) is 4.45. The number of carboxylic acid groups (broad SMARTS) is 1. The van der Waals surface area contributed by atoms with E-state index >= 15 is 0 Å². The van der Waals surface area contributed by atoms with E-state index in [0.29, 0.717) is 0 Å². The summed E-state index contributed by atoms with van der Waals surface area (Å²) in [6.45, 7) is 1.97. The number of hydrogen-bond donors (Lipinski definition) is 2. The van der Waals surface area contributed by atoms with E-state index in [1.807, 2.05) is 0 Å². The zero-order valence-electron chi connectivity index (χ0n) is 7.30. The Labute approximate surface area is 83.4 Å². The van der Waals surface area contributed by atoms with Gasteiger partial charge in [0.2, 0.25) is 11.7 Å². The Morgan fingerprint density at radius 3 is 2.93 bits per heavy atom. The lowest BCUT2D eigenvalue weighted by molar-refractivity contribution is -0.129. The van der Waals surface area contributed by atoms with Gasteiger partial charge in [-0.05, 0) is 18.5 Å². The van der Waals surface area contributed by atoms with Crippen LogP contribution >= 0.6 is 11.5 Å². The molecule has 7 nitrogen and oxygen atoms in total. The van der Waals surface area contributed by atoms with Crippen molar-refractivity contribution in [2.24, 2.45) is 5.16 Å². The van der Waals surface area contributed by atoms with Crippen LogP contribution in [0.3, 0.4) is 0 Å². The number of rotatable bonds is 4. The molecule has 3 N–H and O–H groups in total. The lowest BCUT2D eigenvalue weighted by Crippen LogP contribution is -2.15. The van der Waals surface area contributed by atoms with Gasteiger partial charge in [0, 0.05) is 0 Å². The van der Waals surface area contributed by atoms with E-state index < -0.39 is 5.97 Å². The molecule has 0 bridgehead atoms. The van der Waals surface area contributed by atoms with Crippen molar-refractivity contribution in [2.75, 3.05) is 12.3 Å². The van der Waals surface area contributed by atoms with Gasteiger partial charge in [0.1, 0.15) is 6.61 Å². The summed E-state index contributed by atoms with van der Waals surface area (Å²) in [4.78, 5) is 19.0. The third kappa shape index (κ3) is 2.39. The molecule has 1 aromatic heterocycles. The van der Waals surface area contributed by atoms with E-state index in [1.165, 1.54) is 0 Å². The monoisotopic (exact) mass is 216 g/mol. The summed E-state index contributed by atoms with van der Waals surface area (Å²) in [5.74, 6) is -1.20. The zero-order valence-corrected chi connectivity index (χ0v) is 8.11. The zero-order chi connectivity index (χ0) is 10.6. The maximum atomic E-state index is 10.7. The van der Waals surface area contributed by atoms with Gasteiger partial charge >= 0.3 is 5.97 Å². The second-order valence-corrected chi connectivity index (χ2v) is 2.87. The Hall–Kier alpha value is -1.70. The molecule has 8 heteroatoms. The number of nitrogen functional groups attached to an aromatic ring is 1. The quantitative estimate of drug-likeness (QED) is 0.539. The van der Waals surface area contributed by atoms with Crippen LogP contribution < -0.4 is 5.73 Å². The number of nitrogens with two attached hydrogens (primary N) is 1. The van der Waals surface area contributed by atoms with Crippen LogP contribution in [0.25, 0.3) is 0 Å². The SMILES string of the molecule is CCO/N=C(\C(=O)O)c1nc(N)ns1. The first-order valence-electron chi connectivity index (χ1n) is 3.68. The minimum atomic E-state index is -1.23. The smallest absolute Gasteiger partial charge is 0.361 e. The molecule has 0 fully saturated rings. The van der Waals surface area contributed by atoms with Crippen molar-refractivity contribution in [1.82, 2.24) is 9.36 Å². The molecule has 14 heavy (non-hydrogen) atoms. The van der Waals surface area contributed by atoms with Crippen molar-refractivity contribution in [2.45, 2.75) is 6.92 Å². The van der Waals surface area contributed by atoms with Crippen molar-refractivity contribution < 1.29 is 14.7 Å². The molecule has 1 rings (SSSR count). The summed E-state index contributed by atoms with van der Waals surface area (Å²) in [5.41, 5.74) is 4.95. The van der Waals surface area contributed by atoms with Crippen LogP contribution in [0, 0.1) is 0 Å². The molecule has 1 heterocycles. The number of carboxylic acids is 1. The predicted molar refractivity (Wildman–Crippen MR) is 50.1 cm³/mol. The molecule has 0 spiro atoms. The summed E-state index contributed by atoms with van der Waals surface area (Å²) >= 11 is 0.859. The molecule has 0 saturated heterocycles. The number of hydrogen-bond acceptors (Lipinski definition) is 7. The Bertz CT molecular complexity index is 362. The molecular weight excluding hydrogens is 208 g/mol. The number of aromatic nitrogens is 2. The highest BCUT2D eigenvalue weighted by molar-refractivity contribution is 7.09. The molecular formula is C6H8N4O3S. The standard InChI is InChI=1S/C6H8N4O3S/c1-2-13-9-3(5(11)12)4-8-6(7)10-14-4/h2H2,1H3,(H2,7,10)(H,11,12)/b9-3-. The first kappa shape index (κ1) is 10.4. The normalized spacial score (nSPS) is 11.4. The van der Waals surface area contributed by atoms with Gasteiger partial charge in [-0.3, -0.25) is 0 Å². The summed E-state index contributed by atoms with van der Waals surface area (Å²) in [7, 11) is 0. The third-order valence-electron chi connectivity index (χ3n) is 1.13. The van der Waals surface area contributed by atoms with Gasteiger partial charge in [-0.25, -0.2) is 4.79 Å². The summed E-state index contributed by atoms with van der Waals surface area (Å²) in [5, 5.41) is 12.3. The van der Waals surface area contributed by atoms with Gasteiger partial charge in [0.15, 0.2) is 5.01 Å². The second kappa shape index (κ2) is 4.51. The van der Waals surface area contributed by atoms with E-state index in [0.717, 1.165) is 11.5 Å². The Morgan fingerprint density at radius 2 is 2.50 bits per heavy atom. The highest BCUT2D eigenvalue weighted by Crippen LogP contribution is 2.07. The Balaban J connectivity index is 2.94. The van der Waals surface area contributed by atoms with Crippen LogP contribution in [-0.4, -0.2) is 32.8 Å². The molecule has 0 aliphatic rings. The lowest BCUT2D eigenvalue weighted by Gasteiger charge is -1.95. The van der Waals surface area contributed by atoms with Gasteiger partial charge in [-0.2, -0.15) is 9.36 Å². The van der Waals surface area contributed by atoms with Crippen LogP contribution in [-0.2, 0) is 9.63 Å². The second-order valence-electron chi connectivity index (χ2n) is 2.12. The van der Waals surface area contributed by atoms with Crippen molar-refractivity contribution in [3.05, 3.63) is 5.01 Å². The van der Waals surface area contributed by atoms with Crippen molar-refractivity contribution in [3.8, 4) is 0 Å². The highest BCUT2D eigenvalue weighted by atomic mass is 32.1. The topological polar surface area (TPSA) is 111 Å². The molecule has 0 atom stereocenters. The van der Waals surface area contributed by atoms with Gasteiger partial charge in [0.25, 0.3) is 0 Å².